The number of hydrogen-bond donors (Lipinski definition) is 1. The van der Waals surface area contributed by atoms with E-state index in [1.807, 2.05) is 0 Å². The molecule has 0 aliphatic heterocycles. The molecule has 1 aromatic rings. The molecule has 0 saturated carbocycles. The van der Waals surface area contributed by atoms with Gasteiger partial charge in [0.1, 0.15) is 0 Å². The number of benzene rings is 1. The first-order valence-corrected chi connectivity index (χ1v) is 8.92. The first kappa shape index (κ1) is 17.4. The summed E-state index contributed by atoms with van der Waals surface area (Å²) in [5, 5.41) is 3.76. The SMILES string of the molecule is CN(C)CCCCNCc1c(Cl)cccc1S(C)(=O)=O. The van der Waals surface area contributed by atoms with E-state index in [0.29, 0.717) is 22.0 Å². The number of unbranched alkanes of at least 4 members (excludes halogenated alkanes) is 1. The predicted molar refractivity (Wildman–Crippen MR) is 84.1 cm³/mol. The molecule has 114 valence electrons. The summed E-state index contributed by atoms with van der Waals surface area (Å²) in [7, 11) is 0.857. The molecular formula is C14H23ClN2O2S. The summed E-state index contributed by atoms with van der Waals surface area (Å²) in [6.45, 7) is 2.38. The zero-order valence-corrected chi connectivity index (χ0v) is 13.9. The molecule has 0 saturated heterocycles. The van der Waals surface area contributed by atoms with Crippen molar-refractivity contribution in [3.8, 4) is 0 Å². The van der Waals surface area contributed by atoms with Crippen molar-refractivity contribution < 1.29 is 8.42 Å². The number of sulfone groups is 1. The van der Waals surface area contributed by atoms with Crippen LogP contribution in [0.1, 0.15) is 18.4 Å². The van der Waals surface area contributed by atoms with E-state index in [4.69, 9.17) is 11.6 Å². The Morgan fingerprint density at radius 2 is 1.95 bits per heavy atom. The van der Waals surface area contributed by atoms with Gasteiger partial charge in [-0.2, -0.15) is 0 Å². The van der Waals surface area contributed by atoms with Crippen LogP contribution in [0.15, 0.2) is 23.1 Å². The van der Waals surface area contributed by atoms with Crippen molar-refractivity contribution in [2.75, 3.05) is 33.4 Å². The Hall–Kier alpha value is -0.620. The number of nitrogens with one attached hydrogen (secondary N) is 1. The van der Waals surface area contributed by atoms with Gasteiger partial charge in [-0.1, -0.05) is 17.7 Å². The highest BCUT2D eigenvalue weighted by atomic mass is 35.5. The maximum atomic E-state index is 11.7. The molecule has 0 radical (unpaired) electrons. The van der Waals surface area contributed by atoms with Gasteiger partial charge in [-0.3, -0.25) is 0 Å². The molecule has 0 atom stereocenters. The van der Waals surface area contributed by atoms with Crippen LogP contribution in [0.5, 0.6) is 0 Å². The quantitative estimate of drug-likeness (QED) is 0.746. The van der Waals surface area contributed by atoms with Crippen molar-refractivity contribution in [2.45, 2.75) is 24.3 Å². The van der Waals surface area contributed by atoms with Gasteiger partial charge in [-0.25, -0.2) is 8.42 Å². The van der Waals surface area contributed by atoms with E-state index < -0.39 is 9.84 Å². The molecule has 4 nitrogen and oxygen atoms in total. The Morgan fingerprint density at radius 1 is 1.25 bits per heavy atom. The molecule has 0 aliphatic rings. The predicted octanol–water partition coefficient (Wildman–Crippen LogP) is 2.17. The van der Waals surface area contributed by atoms with E-state index >= 15 is 0 Å². The van der Waals surface area contributed by atoms with Gasteiger partial charge in [0.25, 0.3) is 0 Å². The number of rotatable bonds is 8. The van der Waals surface area contributed by atoms with Crippen molar-refractivity contribution in [1.82, 2.24) is 10.2 Å². The van der Waals surface area contributed by atoms with Gasteiger partial charge >= 0.3 is 0 Å². The minimum atomic E-state index is -3.25. The van der Waals surface area contributed by atoms with E-state index in [1.165, 1.54) is 6.26 Å². The largest absolute Gasteiger partial charge is 0.313 e. The third kappa shape index (κ3) is 5.79. The summed E-state index contributed by atoms with van der Waals surface area (Å²) in [6, 6.07) is 4.99. The van der Waals surface area contributed by atoms with E-state index in [-0.39, 0.29) is 0 Å². The lowest BCUT2D eigenvalue weighted by Gasteiger charge is -2.12. The lowest BCUT2D eigenvalue weighted by Crippen LogP contribution is -2.19. The fourth-order valence-electron chi connectivity index (χ4n) is 1.95. The average Bonchev–Trinajstić information content (AvgIpc) is 2.33. The maximum Gasteiger partial charge on any atom is 0.175 e. The van der Waals surface area contributed by atoms with Gasteiger partial charge in [-0.15, -0.1) is 0 Å². The minimum absolute atomic E-state index is 0.311. The van der Waals surface area contributed by atoms with Gasteiger partial charge in [-0.05, 0) is 52.2 Å². The second-order valence-corrected chi connectivity index (χ2v) is 7.57. The molecule has 0 amide bonds. The molecule has 0 heterocycles. The maximum absolute atomic E-state index is 11.7. The third-order valence-corrected chi connectivity index (χ3v) is 4.52. The van der Waals surface area contributed by atoms with Crippen LogP contribution in [0.2, 0.25) is 5.02 Å². The molecule has 1 aromatic carbocycles. The highest BCUT2D eigenvalue weighted by molar-refractivity contribution is 7.90. The van der Waals surface area contributed by atoms with Gasteiger partial charge in [0.05, 0.1) is 4.90 Å². The minimum Gasteiger partial charge on any atom is -0.313 e. The molecule has 0 fully saturated rings. The van der Waals surface area contributed by atoms with Gasteiger partial charge in [0.15, 0.2) is 9.84 Å². The van der Waals surface area contributed by atoms with Crippen molar-refractivity contribution in [1.29, 1.82) is 0 Å². The van der Waals surface area contributed by atoms with E-state index in [2.05, 4.69) is 24.3 Å². The van der Waals surface area contributed by atoms with Crippen LogP contribution < -0.4 is 5.32 Å². The standard InChI is InChI=1S/C14H23ClN2O2S/c1-17(2)10-5-4-9-16-11-12-13(15)7-6-8-14(12)20(3,18)19/h6-8,16H,4-5,9-11H2,1-3H3. The first-order valence-electron chi connectivity index (χ1n) is 6.65. The Labute approximate surface area is 127 Å². The van der Waals surface area contributed by atoms with Crippen molar-refractivity contribution in [3.63, 3.8) is 0 Å². The summed E-state index contributed by atoms with van der Waals surface area (Å²) in [4.78, 5) is 2.46. The summed E-state index contributed by atoms with van der Waals surface area (Å²) in [5.41, 5.74) is 0.657. The lowest BCUT2D eigenvalue weighted by molar-refractivity contribution is 0.391. The van der Waals surface area contributed by atoms with Crippen LogP contribution >= 0.6 is 11.6 Å². The number of hydrogen-bond acceptors (Lipinski definition) is 4. The van der Waals surface area contributed by atoms with Gasteiger partial charge in [0, 0.05) is 23.4 Å². The fourth-order valence-corrected chi connectivity index (χ4v) is 3.20. The second kappa shape index (κ2) is 7.98. The van der Waals surface area contributed by atoms with Crippen LogP contribution in [0, 0.1) is 0 Å². The molecule has 0 spiro atoms. The van der Waals surface area contributed by atoms with Crippen molar-refractivity contribution in [3.05, 3.63) is 28.8 Å². The Kier molecular flexibility index (Phi) is 6.95. The van der Waals surface area contributed by atoms with E-state index in [1.54, 1.807) is 18.2 Å². The third-order valence-electron chi connectivity index (χ3n) is 2.99. The summed E-state index contributed by atoms with van der Waals surface area (Å²) in [5.74, 6) is 0. The van der Waals surface area contributed by atoms with Crippen LogP contribution in [-0.2, 0) is 16.4 Å². The van der Waals surface area contributed by atoms with Gasteiger partial charge in [0.2, 0.25) is 0 Å². The highest BCUT2D eigenvalue weighted by Gasteiger charge is 2.15. The Morgan fingerprint density at radius 3 is 2.55 bits per heavy atom. The molecular weight excluding hydrogens is 296 g/mol. The zero-order chi connectivity index (χ0) is 15.2. The first-order chi connectivity index (χ1) is 9.32. The van der Waals surface area contributed by atoms with Gasteiger partial charge < -0.3 is 10.2 Å². The number of halogens is 1. The second-order valence-electron chi connectivity index (χ2n) is 5.18. The zero-order valence-electron chi connectivity index (χ0n) is 12.3. The lowest BCUT2D eigenvalue weighted by atomic mass is 10.2. The monoisotopic (exact) mass is 318 g/mol. The van der Waals surface area contributed by atoms with Crippen LogP contribution in [0.25, 0.3) is 0 Å². The Bertz CT molecular complexity index is 530. The molecule has 0 unspecified atom stereocenters. The van der Waals surface area contributed by atoms with Crippen molar-refractivity contribution >= 4 is 21.4 Å². The van der Waals surface area contributed by atoms with Crippen molar-refractivity contribution in [2.24, 2.45) is 0 Å². The van der Waals surface area contributed by atoms with Crippen LogP contribution in [-0.4, -0.2) is 46.8 Å². The van der Waals surface area contributed by atoms with Crippen LogP contribution in [0.4, 0.5) is 0 Å². The molecule has 0 aliphatic carbocycles. The summed E-state index contributed by atoms with van der Waals surface area (Å²) in [6.07, 6.45) is 3.37. The molecule has 6 heteroatoms. The van der Waals surface area contributed by atoms with Crippen LogP contribution in [0.3, 0.4) is 0 Å². The summed E-state index contributed by atoms with van der Waals surface area (Å²) < 4.78 is 23.4. The Balaban J connectivity index is 2.56. The average molecular weight is 319 g/mol. The molecule has 20 heavy (non-hydrogen) atoms. The van der Waals surface area contributed by atoms with E-state index in [0.717, 1.165) is 25.9 Å². The normalized spacial score (nSPS) is 12.1. The summed E-state index contributed by atoms with van der Waals surface area (Å²) >= 11 is 6.11. The molecule has 0 aromatic heterocycles. The topological polar surface area (TPSA) is 49.4 Å². The highest BCUT2D eigenvalue weighted by Crippen LogP contribution is 2.23. The van der Waals surface area contributed by atoms with E-state index in [9.17, 15) is 8.42 Å². The number of nitrogens with zero attached hydrogens (tertiary/aromatic N) is 1. The molecule has 1 rings (SSSR count). The fraction of sp³-hybridized carbons (Fsp3) is 0.571. The smallest absolute Gasteiger partial charge is 0.175 e. The molecule has 1 N–H and O–H groups in total. The molecule has 0 bridgehead atoms.